The molecule has 1 saturated carbocycles. The maximum absolute atomic E-state index is 8.97. The number of aliphatic hydroxyl groups is 1. The molecule has 1 aliphatic rings. The summed E-state index contributed by atoms with van der Waals surface area (Å²) in [6.07, 6.45) is 7.37. The summed E-state index contributed by atoms with van der Waals surface area (Å²) in [6.45, 7) is 1.92. The molecule has 0 atom stereocenters. The zero-order chi connectivity index (χ0) is 9.80. The van der Waals surface area contributed by atoms with Gasteiger partial charge in [0, 0.05) is 24.7 Å². The van der Waals surface area contributed by atoms with E-state index in [0.717, 1.165) is 13.1 Å². The predicted molar refractivity (Wildman–Crippen MR) is 53.8 cm³/mol. The van der Waals surface area contributed by atoms with E-state index in [0.29, 0.717) is 6.04 Å². The van der Waals surface area contributed by atoms with Gasteiger partial charge in [0.15, 0.2) is 0 Å². The van der Waals surface area contributed by atoms with E-state index in [4.69, 9.17) is 9.52 Å². The van der Waals surface area contributed by atoms with Crippen LogP contribution in [0.25, 0.3) is 0 Å². The summed E-state index contributed by atoms with van der Waals surface area (Å²) in [5, 5.41) is 8.97. The van der Waals surface area contributed by atoms with Gasteiger partial charge in [0.25, 0.3) is 0 Å². The van der Waals surface area contributed by atoms with Crippen molar-refractivity contribution in [1.29, 1.82) is 0 Å². The first-order valence-corrected chi connectivity index (χ1v) is 5.26. The fourth-order valence-electron chi connectivity index (χ4n) is 1.89. The molecule has 1 aliphatic carbocycles. The Morgan fingerprint density at radius 1 is 1.50 bits per heavy atom. The molecule has 0 aliphatic heterocycles. The van der Waals surface area contributed by atoms with E-state index < -0.39 is 0 Å². The van der Waals surface area contributed by atoms with Gasteiger partial charge >= 0.3 is 0 Å². The number of hydrogen-bond donors (Lipinski definition) is 1. The Morgan fingerprint density at radius 3 is 2.86 bits per heavy atom. The van der Waals surface area contributed by atoms with Gasteiger partial charge in [-0.15, -0.1) is 0 Å². The predicted octanol–water partition coefficient (Wildman–Crippen LogP) is 1.63. The van der Waals surface area contributed by atoms with Crippen molar-refractivity contribution >= 4 is 0 Å². The number of rotatable bonds is 5. The Bertz CT molecular complexity index is 254. The van der Waals surface area contributed by atoms with Crippen molar-refractivity contribution in [3.8, 4) is 0 Å². The molecule has 1 aromatic rings. The molecular weight excluding hydrogens is 178 g/mol. The fraction of sp³-hybridized carbons (Fsp3) is 0.636. The smallest absolute Gasteiger partial charge is 0.0947 e. The number of furan rings is 1. The first-order valence-electron chi connectivity index (χ1n) is 5.26. The minimum atomic E-state index is 0.244. The molecule has 3 nitrogen and oxygen atoms in total. The van der Waals surface area contributed by atoms with Crippen LogP contribution in [0.2, 0.25) is 0 Å². The van der Waals surface area contributed by atoms with E-state index in [1.165, 1.54) is 24.8 Å². The summed E-state index contributed by atoms with van der Waals surface area (Å²) >= 11 is 0. The largest absolute Gasteiger partial charge is 0.472 e. The number of hydrogen-bond acceptors (Lipinski definition) is 3. The molecule has 0 aromatic carbocycles. The van der Waals surface area contributed by atoms with E-state index in [1.807, 2.05) is 6.07 Å². The lowest BCUT2D eigenvalue weighted by atomic mass is 9.91. The standard InChI is InChI=1S/C11H17NO2/c13-6-5-12(11-2-1-3-11)8-10-4-7-14-9-10/h4,7,9,11,13H,1-3,5-6,8H2. The minimum absolute atomic E-state index is 0.244. The second kappa shape index (κ2) is 4.62. The maximum atomic E-state index is 8.97. The molecule has 0 unspecified atom stereocenters. The normalized spacial score (nSPS) is 17.3. The van der Waals surface area contributed by atoms with Crippen LogP contribution in [-0.4, -0.2) is 29.2 Å². The van der Waals surface area contributed by atoms with Crippen LogP contribution in [0.15, 0.2) is 23.0 Å². The maximum Gasteiger partial charge on any atom is 0.0947 e. The van der Waals surface area contributed by atoms with Crippen molar-refractivity contribution in [3.05, 3.63) is 24.2 Å². The van der Waals surface area contributed by atoms with Gasteiger partial charge in [-0.25, -0.2) is 0 Å². The highest BCUT2D eigenvalue weighted by molar-refractivity contribution is 5.05. The second-order valence-corrected chi connectivity index (χ2v) is 3.91. The van der Waals surface area contributed by atoms with Gasteiger partial charge in [0.1, 0.15) is 0 Å². The number of nitrogens with zero attached hydrogens (tertiary/aromatic N) is 1. The third-order valence-electron chi connectivity index (χ3n) is 2.94. The zero-order valence-corrected chi connectivity index (χ0v) is 8.35. The lowest BCUT2D eigenvalue weighted by molar-refractivity contribution is 0.0944. The van der Waals surface area contributed by atoms with Crippen molar-refractivity contribution in [3.63, 3.8) is 0 Å². The Hall–Kier alpha value is -0.800. The molecule has 0 spiro atoms. The van der Waals surface area contributed by atoms with Crippen molar-refractivity contribution in [1.82, 2.24) is 4.90 Å². The molecule has 14 heavy (non-hydrogen) atoms. The molecule has 78 valence electrons. The summed E-state index contributed by atoms with van der Waals surface area (Å²) in [5.74, 6) is 0. The van der Waals surface area contributed by atoms with E-state index in [-0.39, 0.29) is 6.61 Å². The Kier molecular flexibility index (Phi) is 3.22. The number of aliphatic hydroxyl groups excluding tert-OH is 1. The Morgan fingerprint density at radius 2 is 2.36 bits per heavy atom. The first kappa shape index (κ1) is 9.74. The van der Waals surface area contributed by atoms with Crippen molar-refractivity contribution in [2.45, 2.75) is 31.8 Å². The van der Waals surface area contributed by atoms with Gasteiger partial charge < -0.3 is 9.52 Å². The van der Waals surface area contributed by atoms with Gasteiger partial charge in [0.05, 0.1) is 19.1 Å². The third kappa shape index (κ3) is 2.16. The van der Waals surface area contributed by atoms with E-state index in [9.17, 15) is 0 Å². The topological polar surface area (TPSA) is 36.6 Å². The summed E-state index contributed by atoms with van der Waals surface area (Å²) < 4.78 is 5.04. The van der Waals surface area contributed by atoms with Gasteiger partial charge in [-0.1, -0.05) is 6.42 Å². The average molecular weight is 195 g/mol. The third-order valence-corrected chi connectivity index (χ3v) is 2.94. The molecule has 2 rings (SSSR count). The zero-order valence-electron chi connectivity index (χ0n) is 8.35. The van der Waals surface area contributed by atoms with Crippen LogP contribution in [0.5, 0.6) is 0 Å². The van der Waals surface area contributed by atoms with Crippen LogP contribution in [0, 0.1) is 0 Å². The lowest BCUT2D eigenvalue weighted by Gasteiger charge is -2.37. The second-order valence-electron chi connectivity index (χ2n) is 3.91. The molecule has 1 aromatic heterocycles. The highest BCUT2D eigenvalue weighted by atomic mass is 16.3. The molecule has 1 N–H and O–H groups in total. The van der Waals surface area contributed by atoms with Gasteiger partial charge in [0.2, 0.25) is 0 Å². The van der Waals surface area contributed by atoms with Crippen molar-refractivity contribution < 1.29 is 9.52 Å². The first-order chi connectivity index (χ1) is 6.90. The molecular formula is C11H17NO2. The van der Waals surface area contributed by atoms with Gasteiger partial charge in [-0.05, 0) is 18.9 Å². The Balaban J connectivity index is 1.89. The molecule has 0 radical (unpaired) electrons. The summed E-state index contributed by atoms with van der Waals surface area (Å²) in [7, 11) is 0. The molecule has 3 heteroatoms. The van der Waals surface area contributed by atoms with E-state index >= 15 is 0 Å². The lowest BCUT2D eigenvalue weighted by Crippen LogP contribution is -2.41. The minimum Gasteiger partial charge on any atom is -0.472 e. The van der Waals surface area contributed by atoms with Crippen molar-refractivity contribution in [2.24, 2.45) is 0 Å². The van der Waals surface area contributed by atoms with Crippen molar-refractivity contribution in [2.75, 3.05) is 13.2 Å². The summed E-state index contributed by atoms with van der Waals surface area (Å²) in [5.41, 5.74) is 1.20. The molecule has 0 bridgehead atoms. The van der Waals surface area contributed by atoms with Crippen LogP contribution in [0.4, 0.5) is 0 Å². The van der Waals surface area contributed by atoms with Crippen LogP contribution >= 0.6 is 0 Å². The van der Waals surface area contributed by atoms with Gasteiger partial charge in [-0.2, -0.15) is 0 Å². The molecule has 1 fully saturated rings. The fourth-order valence-corrected chi connectivity index (χ4v) is 1.89. The highest BCUT2D eigenvalue weighted by Crippen LogP contribution is 2.25. The monoisotopic (exact) mass is 195 g/mol. The van der Waals surface area contributed by atoms with E-state index in [1.54, 1.807) is 12.5 Å². The van der Waals surface area contributed by atoms with Crippen LogP contribution in [-0.2, 0) is 6.54 Å². The molecule has 1 heterocycles. The Labute approximate surface area is 84.3 Å². The summed E-state index contributed by atoms with van der Waals surface area (Å²) in [6, 6.07) is 2.67. The van der Waals surface area contributed by atoms with E-state index in [2.05, 4.69) is 4.90 Å². The highest BCUT2D eigenvalue weighted by Gasteiger charge is 2.24. The quantitative estimate of drug-likeness (QED) is 0.775. The SMILES string of the molecule is OCCN(Cc1ccoc1)C1CCC1. The van der Waals surface area contributed by atoms with Crippen LogP contribution < -0.4 is 0 Å². The average Bonchev–Trinajstić information content (AvgIpc) is 2.54. The summed E-state index contributed by atoms with van der Waals surface area (Å²) in [4.78, 5) is 2.34. The molecule has 0 saturated heterocycles. The molecule has 0 amide bonds. The van der Waals surface area contributed by atoms with Crippen LogP contribution in [0.1, 0.15) is 24.8 Å². The van der Waals surface area contributed by atoms with Gasteiger partial charge in [-0.3, -0.25) is 4.90 Å². The van der Waals surface area contributed by atoms with Crippen LogP contribution in [0.3, 0.4) is 0 Å².